The van der Waals surface area contributed by atoms with Crippen LogP contribution in [0.2, 0.25) is 0 Å². The van der Waals surface area contributed by atoms with Crippen molar-refractivity contribution in [3.8, 4) is 0 Å². The summed E-state index contributed by atoms with van der Waals surface area (Å²) in [4.78, 5) is 0. The van der Waals surface area contributed by atoms with E-state index in [9.17, 15) is 0 Å². The molecule has 0 aromatic carbocycles. The highest BCUT2D eigenvalue weighted by molar-refractivity contribution is 4.75. The molecule has 2 nitrogen and oxygen atoms in total. The van der Waals surface area contributed by atoms with E-state index in [1.54, 1.807) is 0 Å². The predicted octanol–water partition coefficient (Wildman–Crippen LogP) is 1.51. The van der Waals surface area contributed by atoms with Crippen LogP contribution in [0.4, 0.5) is 0 Å². The van der Waals surface area contributed by atoms with Crippen LogP contribution in [0.15, 0.2) is 0 Å². The van der Waals surface area contributed by atoms with Crippen LogP contribution in [0, 0.1) is 11.8 Å². The Hall–Kier alpha value is -0.0800. The molecule has 2 heteroatoms. The minimum absolute atomic E-state index is 0.123. The summed E-state index contributed by atoms with van der Waals surface area (Å²) in [6.45, 7) is 2.03. The van der Waals surface area contributed by atoms with E-state index >= 15 is 0 Å². The van der Waals surface area contributed by atoms with E-state index in [1.165, 1.54) is 25.7 Å². The van der Waals surface area contributed by atoms with Crippen LogP contribution < -0.4 is 0 Å². The summed E-state index contributed by atoms with van der Waals surface area (Å²) < 4.78 is 0. The van der Waals surface area contributed by atoms with Gasteiger partial charge in [0.15, 0.2) is 6.29 Å². The van der Waals surface area contributed by atoms with E-state index < -0.39 is 6.29 Å². The van der Waals surface area contributed by atoms with E-state index in [0.717, 1.165) is 6.42 Å². The van der Waals surface area contributed by atoms with Gasteiger partial charge in [-0.3, -0.25) is 0 Å². The Morgan fingerprint density at radius 3 is 2.18 bits per heavy atom. The molecular formula is C9H18O2. The molecule has 0 amide bonds. The molecule has 1 fully saturated rings. The van der Waals surface area contributed by atoms with Crippen molar-refractivity contribution in [2.24, 2.45) is 11.8 Å². The van der Waals surface area contributed by atoms with Crippen molar-refractivity contribution in [2.45, 2.75) is 45.3 Å². The zero-order chi connectivity index (χ0) is 8.27. The molecule has 0 aromatic rings. The van der Waals surface area contributed by atoms with Gasteiger partial charge < -0.3 is 10.2 Å². The van der Waals surface area contributed by atoms with Crippen molar-refractivity contribution < 1.29 is 10.2 Å². The number of hydrogen-bond acceptors (Lipinski definition) is 2. The van der Waals surface area contributed by atoms with Crippen molar-refractivity contribution in [2.75, 3.05) is 0 Å². The van der Waals surface area contributed by atoms with Crippen LogP contribution >= 0.6 is 0 Å². The first-order valence-electron chi connectivity index (χ1n) is 4.61. The lowest BCUT2D eigenvalue weighted by Crippen LogP contribution is -2.25. The van der Waals surface area contributed by atoms with E-state index in [0.29, 0.717) is 5.92 Å². The highest BCUT2D eigenvalue weighted by atomic mass is 16.5. The van der Waals surface area contributed by atoms with Gasteiger partial charge in [-0.2, -0.15) is 0 Å². The molecule has 2 N–H and O–H groups in total. The molecule has 1 unspecified atom stereocenters. The molecule has 1 rings (SSSR count). The van der Waals surface area contributed by atoms with E-state index in [4.69, 9.17) is 10.2 Å². The SMILES string of the molecule is CCC(C(O)O)C1CCCC1. The van der Waals surface area contributed by atoms with Crippen molar-refractivity contribution in [3.05, 3.63) is 0 Å². The Morgan fingerprint density at radius 2 is 1.82 bits per heavy atom. The third-order valence-electron chi connectivity index (χ3n) is 2.86. The second-order valence-corrected chi connectivity index (χ2v) is 3.53. The van der Waals surface area contributed by atoms with E-state index in [1.807, 2.05) is 6.92 Å². The minimum atomic E-state index is -1.09. The third-order valence-corrected chi connectivity index (χ3v) is 2.86. The zero-order valence-electron chi connectivity index (χ0n) is 7.16. The first-order chi connectivity index (χ1) is 5.25. The normalized spacial score (nSPS) is 22.9. The van der Waals surface area contributed by atoms with Crippen molar-refractivity contribution in [1.29, 1.82) is 0 Å². The van der Waals surface area contributed by atoms with Crippen LogP contribution in [-0.4, -0.2) is 16.5 Å². The monoisotopic (exact) mass is 158 g/mol. The van der Waals surface area contributed by atoms with Crippen LogP contribution in [0.1, 0.15) is 39.0 Å². The second-order valence-electron chi connectivity index (χ2n) is 3.53. The number of aliphatic hydroxyl groups excluding tert-OH is 1. The topological polar surface area (TPSA) is 40.5 Å². The fourth-order valence-electron chi connectivity index (χ4n) is 2.17. The lowest BCUT2D eigenvalue weighted by Gasteiger charge is -2.23. The third kappa shape index (κ3) is 2.17. The largest absolute Gasteiger partial charge is 0.368 e. The van der Waals surface area contributed by atoms with Crippen molar-refractivity contribution >= 4 is 0 Å². The second kappa shape index (κ2) is 4.07. The maximum Gasteiger partial charge on any atom is 0.154 e. The lowest BCUT2D eigenvalue weighted by molar-refractivity contribution is -0.101. The quantitative estimate of drug-likeness (QED) is 0.611. The Balaban J connectivity index is 2.40. The van der Waals surface area contributed by atoms with Gasteiger partial charge in [0.05, 0.1) is 0 Å². The average Bonchev–Trinajstić information content (AvgIpc) is 2.40. The number of hydrogen-bond donors (Lipinski definition) is 2. The number of rotatable bonds is 3. The maximum absolute atomic E-state index is 9.03. The van der Waals surface area contributed by atoms with Gasteiger partial charge in [-0.05, 0) is 25.2 Å². The molecule has 1 aliphatic rings. The smallest absolute Gasteiger partial charge is 0.154 e. The summed E-state index contributed by atoms with van der Waals surface area (Å²) in [5.74, 6) is 0.692. The first kappa shape index (κ1) is 9.01. The predicted molar refractivity (Wildman–Crippen MR) is 44.0 cm³/mol. The fraction of sp³-hybridized carbons (Fsp3) is 1.00. The summed E-state index contributed by atoms with van der Waals surface area (Å²) in [6.07, 6.45) is 4.72. The molecule has 0 heterocycles. The highest BCUT2D eigenvalue weighted by Crippen LogP contribution is 2.34. The van der Waals surface area contributed by atoms with Crippen LogP contribution in [0.25, 0.3) is 0 Å². The average molecular weight is 158 g/mol. The van der Waals surface area contributed by atoms with Gasteiger partial charge in [-0.15, -0.1) is 0 Å². The molecule has 0 saturated heterocycles. The maximum atomic E-state index is 9.03. The summed E-state index contributed by atoms with van der Waals surface area (Å²) in [5.41, 5.74) is 0. The summed E-state index contributed by atoms with van der Waals surface area (Å²) in [5, 5.41) is 18.1. The lowest BCUT2D eigenvalue weighted by atomic mass is 9.88. The van der Waals surface area contributed by atoms with E-state index in [-0.39, 0.29) is 5.92 Å². The Kier molecular flexibility index (Phi) is 3.34. The Labute approximate surface area is 68.2 Å². The standard InChI is InChI=1S/C9H18O2/c1-2-8(9(10)11)7-5-3-4-6-7/h7-11H,2-6H2,1H3. The van der Waals surface area contributed by atoms with Gasteiger partial charge in [-0.25, -0.2) is 0 Å². The number of aliphatic hydroxyl groups is 2. The van der Waals surface area contributed by atoms with Crippen LogP contribution in [-0.2, 0) is 0 Å². The molecule has 1 saturated carbocycles. The van der Waals surface area contributed by atoms with Crippen LogP contribution in [0.5, 0.6) is 0 Å². The molecule has 1 atom stereocenters. The van der Waals surface area contributed by atoms with Gasteiger partial charge in [0, 0.05) is 5.92 Å². The first-order valence-corrected chi connectivity index (χ1v) is 4.61. The molecule has 66 valence electrons. The highest BCUT2D eigenvalue weighted by Gasteiger charge is 2.27. The van der Waals surface area contributed by atoms with Crippen LogP contribution in [0.3, 0.4) is 0 Å². The molecule has 0 aliphatic heterocycles. The molecule has 11 heavy (non-hydrogen) atoms. The molecule has 1 aliphatic carbocycles. The molecule has 0 aromatic heterocycles. The fourth-order valence-corrected chi connectivity index (χ4v) is 2.17. The van der Waals surface area contributed by atoms with Gasteiger partial charge in [0.25, 0.3) is 0 Å². The van der Waals surface area contributed by atoms with Gasteiger partial charge >= 0.3 is 0 Å². The molecule has 0 bridgehead atoms. The van der Waals surface area contributed by atoms with Crippen molar-refractivity contribution in [1.82, 2.24) is 0 Å². The zero-order valence-corrected chi connectivity index (χ0v) is 7.16. The van der Waals surface area contributed by atoms with E-state index in [2.05, 4.69) is 0 Å². The summed E-state index contributed by atoms with van der Waals surface area (Å²) in [7, 11) is 0. The molecular weight excluding hydrogens is 140 g/mol. The summed E-state index contributed by atoms with van der Waals surface area (Å²) >= 11 is 0. The minimum Gasteiger partial charge on any atom is -0.368 e. The summed E-state index contributed by atoms with van der Waals surface area (Å²) in [6, 6.07) is 0. The van der Waals surface area contributed by atoms with Gasteiger partial charge in [0.2, 0.25) is 0 Å². The Bertz CT molecular complexity index is 106. The molecule has 0 spiro atoms. The molecule has 0 radical (unpaired) electrons. The van der Waals surface area contributed by atoms with Crippen molar-refractivity contribution in [3.63, 3.8) is 0 Å². The van der Waals surface area contributed by atoms with Gasteiger partial charge in [0.1, 0.15) is 0 Å². The van der Waals surface area contributed by atoms with Gasteiger partial charge in [-0.1, -0.05) is 19.8 Å². The Morgan fingerprint density at radius 1 is 1.27 bits per heavy atom.